The number of hydrogen-bond acceptors (Lipinski definition) is 5. The highest BCUT2D eigenvalue weighted by Gasteiger charge is 2.21. The molecule has 130 valence electrons. The van der Waals surface area contributed by atoms with Crippen LogP contribution in [0, 0.1) is 24.1 Å². The summed E-state index contributed by atoms with van der Waals surface area (Å²) in [4.78, 5) is 38.8. The molecule has 0 spiro atoms. The topological polar surface area (TPSA) is 105 Å². The molecule has 9 heteroatoms. The number of nitriles is 1. The van der Waals surface area contributed by atoms with Gasteiger partial charge in [-0.15, -0.1) is 0 Å². The summed E-state index contributed by atoms with van der Waals surface area (Å²) in [6.07, 6.45) is -0.479. The fraction of sp³-hybridized carbons (Fsp3) is 0.250. The number of hydrogen-bond donors (Lipinski definition) is 1. The Morgan fingerprint density at radius 1 is 1.40 bits per heavy atom. The second-order valence-electron chi connectivity index (χ2n) is 5.42. The van der Waals surface area contributed by atoms with E-state index in [9.17, 15) is 18.8 Å². The zero-order chi connectivity index (χ0) is 18.9. The van der Waals surface area contributed by atoms with Crippen LogP contribution in [-0.2, 0) is 4.74 Å². The fourth-order valence-electron chi connectivity index (χ4n) is 2.11. The molecule has 0 aliphatic carbocycles. The molecule has 0 saturated carbocycles. The van der Waals surface area contributed by atoms with Crippen molar-refractivity contribution in [2.75, 3.05) is 0 Å². The van der Waals surface area contributed by atoms with Crippen molar-refractivity contribution in [2.45, 2.75) is 26.9 Å². The second-order valence-corrected chi connectivity index (χ2v) is 5.80. The summed E-state index contributed by atoms with van der Waals surface area (Å²) in [5.41, 5.74) is -2.82. The smallest absolute Gasteiger partial charge is 0.339 e. The summed E-state index contributed by atoms with van der Waals surface area (Å²) >= 11 is 5.82. The van der Waals surface area contributed by atoms with Gasteiger partial charge in [0.25, 0.3) is 5.56 Å². The quantitative estimate of drug-likeness (QED) is 0.838. The van der Waals surface area contributed by atoms with Crippen LogP contribution in [0.5, 0.6) is 0 Å². The van der Waals surface area contributed by atoms with Crippen LogP contribution in [0.3, 0.4) is 0 Å². The Labute approximate surface area is 146 Å². The van der Waals surface area contributed by atoms with Crippen LogP contribution in [0.4, 0.5) is 4.39 Å². The number of rotatable bonds is 3. The van der Waals surface area contributed by atoms with E-state index in [4.69, 9.17) is 21.6 Å². The number of benzene rings is 1. The van der Waals surface area contributed by atoms with Gasteiger partial charge in [-0.2, -0.15) is 5.26 Å². The number of H-pyrrole nitrogens is 1. The van der Waals surface area contributed by atoms with Crippen LogP contribution in [0.2, 0.25) is 5.02 Å². The van der Waals surface area contributed by atoms with Gasteiger partial charge < -0.3 is 9.72 Å². The first-order chi connectivity index (χ1) is 11.7. The Morgan fingerprint density at radius 3 is 2.60 bits per heavy atom. The summed E-state index contributed by atoms with van der Waals surface area (Å²) < 4.78 is 19.8. The molecule has 1 aromatic heterocycles. The van der Waals surface area contributed by atoms with Crippen molar-refractivity contribution in [3.05, 3.63) is 60.6 Å². The highest BCUT2D eigenvalue weighted by molar-refractivity contribution is 6.30. The van der Waals surface area contributed by atoms with Crippen LogP contribution in [0.25, 0.3) is 5.69 Å². The van der Waals surface area contributed by atoms with E-state index in [1.807, 2.05) is 0 Å². The first-order valence-corrected chi connectivity index (χ1v) is 7.51. The summed E-state index contributed by atoms with van der Waals surface area (Å²) in [5.74, 6) is -1.92. The van der Waals surface area contributed by atoms with E-state index in [0.29, 0.717) is 4.57 Å². The van der Waals surface area contributed by atoms with Gasteiger partial charge in [0, 0.05) is 5.69 Å². The van der Waals surface area contributed by atoms with Gasteiger partial charge in [0.2, 0.25) is 0 Å². The molecule has 0 atom stereocenters. The SMILES string of the molecule is Cc1[nH]c(=O)n(-c2cc(C(=O)OC(C)C)c(C#N)cc2F)c(=O)c1Cl. The summed E-state index contributed by atoms with van der Waals surface area (Å²) in [6, 6.07) is 3.35. The number of carbonyl (C=O) groups is 1. The molecule has 2 rings (SSSR count). The van der Waals surface area contributed by atoms with Gasteiger partial charge in [0.1, 0.15) is 16.9 Å². The highest BCUT2D eigenvalue weighted by Crippen LogP contribution is 2.19. The molecule has 0 unspecified atom stereocenters. The lowest BCUT2D eigenvalue weighted by atomic mass is 10.1. The van der Waals surface area contributed by atoms with Crippen LogP contribution >= 0.6 is 11.6 Å². The monoisotopic (exact) mass is 365 g/mol. The number of aromatic nitrogens is 2. The predicted molar refractivity (Wildman–Crippen MR) is 87.6 cm³/mol. The molecule has 0 amide bonds. The van der Waals surface area contributed by atoms with Gasteiger partial charge in [-0.3, -0.25) is 4.79 Å². The number of nitrogens with zero attached hydrogens (tertiary/aromatic N) is 2. The summed E-state index contributed by atoms with van der Waals surface area (Å²) in [6.45, 7) is 4.61. The van der Waals surface area contributed by atoms with Crippen molar-refractivity contribution in [1.82, 2.24) is 9.55 Å². The van der Waals surface area contributed by atoms with Gasteiger partial charge >= 0.3 is 11.7 Å². The minimum atomic E-state index is -1.04. The lowest BCUT2D eigenvalue weighted by molar-refractivity contribution is 0.0377. The normalized spacial score (nSPS) is 10.6. The molecule has 0 radical (unpaired) electrons. The Kier molecular flexibility index (Phi) is 5.09. The number of esters is 1. The Morgan fingerprint density at radius 2 is 2.04 bits per heavy atom. The van der Waals surface area contributed by atoms with Crippen LogP contribution in [0.1, 0.15) is 35.5 Å². The number of ether oxygens (including phenoxy) is 1. The third-order valence-electron chi connectivity index (χ3n) is 3.23. The second kappa shape index (κ2) is 6.91. The average molecular weight is 366 g/mol. The highest BCUT2D eigenvalue weighted by atomic mass is 35.5. The molecule has 1 heterocycles. The van der Waals surface area contributed by atoms with Crippen LogP contribution in [0.15, 0.2) is 21.7 Å². The van der Waals surface area contributed by atoms with Crippen molar-refractivity contribution in [1.29, 1.82) is 5.26 Å². The van der Waals surface area contributed by atoms with Crippen molar-refractivity contribution >= 4 is 17.6 Å². The molecule has 1 aromatic carbocycles. The number of nitrogens with one attached hydrogen (secondary N) is 1. The lowest BCUT2D eigenvalue weighted by Crippen LogP contribution is -2.35. The van der Waals surface area contributed by atoms with Crippen molar-refractivity contribution in [3.8, 4) is 11.8 Å². The third-order valence-corrected chi connectivity index (χ3v) is 3.67. The van der Waals surface area contributed by atoms with Gasteiger partial charge in [0.15, 0.2) is 0 Å². The summed E-state index contributed by atoms with van der Waals surface area (Å²) in [5, 5.41) is 8.80. The Hall–Kier alpha value is -2.92. The van der Waals surface area contributed by atoms with E-state index in [1.54, 1.807) is 19.9 Å². The molecule has 0 bridgehead atoms. The van der Waals surface area contributed by atoms with E-state index in [-0.39, 0.29) is 21.8 Å². The third kappa shape index (κ3) is 3.46. The average Bonchev–Trinajstić information content (AvgIpc) is 2.53. The van der Waals surface area contributed by atoms with E-state index in [0.717, 1.165) is 12.1 Å². The minimum absolute atomic E-state index is 0.126. The summed E-state index contributed by atoms with van der Waals surface area (Å²) in [7, 11) is 0. The molecule has 25 heavy (non-hydrogen) atoms. The van der Waals surface area contributed by atoms with Gasteiger partial charge in [-0.25, -0.2) is 18.5 Å². The van der Waals surface area contributed by atoms with Crippen molar-refractivity contribution < 1.29 is 13.9 Å². The number of aryl methyl sites for hydroxylation is 1. The van der Waals surface area contributed by atoms with Crippen LogP contribution in [-0.4, -0.2) is 21.6 Å². The van der Waals surface area contributed by atoms with E-state index < -0.39 is 34.8 Å². The van der Waals surface area contributed by atoms with E-state index in [1.165, 1.54) is 6.92 Å². The minimum Gasteiger partial charge on any atom is -0.459 e. The maximum atomic E-state index is 14.4. The van der Waals surface area contributed by atoms with Crippen molar-refractivity contribution in [2.24, 2.45) is 0 Å². The molecule has 0 saturated heterocycles. The molecule has 0 aliphatic rings. The van der Waals surface area contributed by atoms with Crippen molar-refractivity contribution in [3.63, 3.8) is 0 Å². The Balaban J connectivity index is 2.80. The Bertz CT molecular complexity index is 1020. The first kappa shape index (κ1) is 18.4. The van der Waals surface area contributed by atoms with E-state index in [2.05, 4.69) is 4.98 Å². The molecule has 0 aliphatic heterocycles. The lowest BCUT2D eigenvalue weighted by Gasteiger charge is -2.12. The van der Waals surface area contributed by atoms with E-state index >= 15 is 0 Å². The number of carbonyl (C=O) groups excluding carboxylic acids is 1. The standard InChI is InChI=1S/C16H13ClFN3O4/c1-7(2)25-15(23)10-5-12(11(18)4-9(10)6-19)21-14(22)13(17)8(3)20-16(21)24/h4-5,7H,1-3H3,(H,20,24). The number of aromatic amines is 1. The first-order valence-electron chi connectivity index (χ1n) is 7.13. The van der Waals surface area contributed by atoms with Gasteiger partial charge in [-0.05, 0) is 32.9 Å². The molecular weight excluding hydrogens is 353 g/mol. The molecule has 1 N–H and O–H groups in total. The zero-order valence-corrected chi connectivity index (χ0v) is 14.3. The molecular formula is C16H13ClFN3O4. The molecule has 0 fully saturated rings. The predicted octanol–water partition coefficient (Wildman–Crippen LogP) is 2.06. The van der Waals surface area contributed by atoms with Gasteiger partial charge in [0.05, 0.1) is 22.9 Å². The molecule has 2 aromatic rings. The van der Waals surface area contributed by atoms with Crippen LogP contribution < -0.4 is 11.2 Å². The maximum Gasteiger partial charge on any atom is 0.339 e. The number of halogens is 2. The fourth-order valence-corrected chi connectivity index (χ4v) is 2.24. The maximum absolute atomic E-state index is 14.4. The van der Waals surface area contributed by atoms with Gasteiger partial charge in [-0.1, -0.05) is 11.6 Å². The molecule has 7 nitrogen and oxygen atoms in total. The largest absolute Gasteiger partial charge is 0.459 e. The zero-order valence-electron chi connectivity index (χ0n) is 13.5.